The summed E-state index contributed by atoms with van der Waals surface area (Å²) in [7, 11) is -2.31. The molecule has 0 saturated carbocycles. The third-order valence-electron chi connectivity index (χ3n) is 9.65. The highest BCUT2D eigenvalue weighted by atomic mass is 32.2. The van der Waals surface area contributed by atoms with Crippen molar-refractivity contribution < 1.29 is 23.1 Å². The van der Waals surface area contributed by atoms with Crippen LogP contribution in [0.1, 0.15) is 77.2 Å². The zero-order chi connectivity index (χ0) is 37.7. The molecule has 1 atom stereocenters. The highest BCUT2D eigenvalue weighted by molar-refractivity contribution is 7.92. The molecule has 6 rings (SSSR count). The molecule has 0 fully saturated rings. The maximum absolute atomic E-state index is 14.7. The van der Waals surface area contributed by atoms with Gasteiger partial charge in [-0.05, 0) is 79.8 Å². The molecule has 3 aromatic carbocycles. The van der Waals surface area contributed by atoms with Crippen LogP contribution >= 0.6 is 0 Å². The number of rotatable bonds is 14. The minimum Gasteiger partial charge on any atom is -0.394 e. The van der Waals surface area contributed by atoms with Gasteiger partial charge >= 0.3 is 0 Å². The molecule has 53 heavy (non-hydrogen) atoms. The van der Waals surface area contributed by atoms with E-state index in [9.17, 15) is 23.1 Å². The van der Waals surface area contributed by atoms with Crippen molar-refractivity contribution in [1.29, 1.82) is 0 Å². The molecule has 0 unspecified atom stereocenters. The van der Waals surface area contributed by atoms with Crippen LogP contribution in [0.4, 0.5) is 5.69 Å². The minimum atomic E-state index is -4.10. The molecule has 12 nitrogen and oxygen atoms in total. The van der Waals surface area contributed by atoms with Crippen LogP contribution in [0.15, 0.2) is 90.0 Å². The number of fused-ring (bicyclic) bond motifs is 1. The van der Waals surface area contributed by atoms with Gasteiger partial charge in [-0.1, -0.05) is 63.1 Å². The van der Waals surface area contributed by atoms with Gasteiger partial charge < -0.3 is 14.9 Å². The Bertz CT molecular complexity index is 2200. The van der Waals surface area contributed by atoms with Gasteiger partial charge in [-0.3, -0.25) is 19.0 Å². The van der Waals surface area contributed by atoms with Crippen LogP contribution in [0, 0.1) is 6.92 Å². The van der Waals surface area contributed by atoms with Gasteiger partial charge in [-0.25, -0.2) is 13.1 Å². The summed E-state index contributed by atoms with van der Waals surface area (Å²) < 4.78 is 33.4. The lowest BCUT2D eigenvalue weighted by Crippen LogP contribution is -2.46. The summed E-state index contributed by atoms with van der Waals surface area (Å²) in [6, 6.07) is 22.1. The molecular weight excluding hydrogens is 691 g/mol. The second-order valence-corrected chi connectivity index (χ2v) is 15.2. The van der Waals surface area contributed by atoms with Gasteiger partial charge in [0, 0.05) is 49.8 Å². The van der Waals surface area contributed by atoms with Gasteiger partial charge in [0.2, 0.25) is 0 Å². The normalized spacial score (nSPS) is 14.2. The molecule has 1 aliphatic rings. The van der Waals surface area contributed by atoms with Gasteiger partial charge in [0.15, 0.2) is 5.69 Å². The molecular formula is C40H47N7O5S. The Morgan fingerprint density at radius 3 is 2.34 bits per heavy atom. The number of nitrogens with zero attached hydrogens (tertiary/aromatic N) is 6. The summed E-state index contributed by atoms with van der Waals surface area (Å²) in [5.41, 5.74) is 4.94. The van der Waals surface area contributed by atoms with Gasteiger partial charge in [-0.2, -0.15) is 10.2 Å². The third kappa shape index (κ3) is 8.21. The molecule has 2 N–H and O–H groups in total. The zero-order valence-electron chi connectivity index (χ0n) is 30.7. The second-order valence-electron chi connectivity index (χ2n) is 13.6. The Hall–Kier alpha value is -5.27. The molecule has 5 aromatic rings. The number of sulfonamides is 1. The van der Waals surface area contributed by atoms with Crippen molar-refractivity contribution in [2.24, 2.45) is 7.05 Å². The van der Waals surface area contributed by atoms with E-state index >= 15 is 0 Å². The van der Waals surface area contributed by atoms with Crippen LogP contribution in [0.5, 0.6) is 0 Å². The standard InChI is InChI=1S/C40H47N7O5S/c1-5-7-19-45(20-8-6-2)40(50)37-22-28(3)47(42-37)38-17-16-32(43-53(51,52)34-15-11-14-30(24-34)36-18-21-44(4)41-36)25-35(38)39(49)46-26-31-13-10-9-12-29(31)23-33(46)27-48/h9-18,21-22,24-25,33,43,48H,5-8,19-20,23,26-27H2,1-4H3/t33-/m0/s1. The number of aliphatic hydroxyl groups is 1. The third-order valence-corrected chi connectivity index (χ3v) is 11.0. The Labute approximate surface area is 311 Å². The van der Waals surface area contributed by atoms with Crippen molar-refractivity contribution in [3.05, 3.63) is 113 Å². The largest absolute Gasteiger partial charge is 0.394 e. The Balaban J connectivity index is 1.39. The fourth-order valence-electron chi connectivity index (χ4n) is 6.70. The Kier molecular flexibility index (Phi) is 11.4. The lowest BCUT2D eigenvalue weighted by atomic mass is 9.93. The summed E-state index contributed by atoms with van der Waals surface area (Å²) in [6.45, 7) is 7.27. The molecule has 278 valence electrons. The maximum Gasteiger partial charge on any atom is 0.274 e. The van der Waals surface area contributed by atoms with E-state index in [0.29, 0.717) is 42.1 Å². The number of benzene rings is 3. The highest BCUT2D eigenvalue weighted by Crippen LogP contribution is 2.30. The molecule has 0 saturated heterocycles. The fourth-order valence-corrected chi connectivity index (χ4v) is 7.80. The molecule has 2 aromatic heterocycles. The zero-order valence-corrected chi connectivity index (χ0v) is 31.5. The van der Waals surface area contributed by atoms with Crippen molar-refractivity contribution in [3.63, 3.8) is 0 Å². The molecule has 3 heterocycles. The molecule has 0 aliphatic carbocycles. The number of aromatic nitrogens is 4. The number of nitrogens with one attached hydrogen (secondary N) is 1. The number of hydrogen-bond donors (Lipinski definition) is 2. The molecule has 13 heteroatoms. The molecule has 0 bridgehead atoms. The van der Waals surface area contributed by atoms with Crippen LogP contribution in [-0.4, -0.2) is 80.4 Å². The fraction of sp³-hybridized carbons (Fsp3) is 0.350. The summed E-state index contributed by atoms with van der Waals surface area (Å²) in [6.07, 6.45) is 5.92. The predicted molar refractivity (Wildman–Crippen MR) is 204 cm³/mol. The molecule has 2 amide bonds. The number of aryl methyl sites for hydroxylation is 2. The van der Waals surface area contributed by atoms with Crippen LogP contribution in [0.25, 0.3) is 16.9 Å². The Morgan fingerprint density at radius 2 is 1.66 bits per heavy atom. The first-order chi connectivity index (χ1) is 25.5. The number of hydrogen-bond acceptors (Lipinski definition) is 7. The first kappa shape index (κ1) is 37.5. The van der Waals surface area contributed by atoms with Crippen molar-refractivity contribution in [3.8, 4) is 16.9 Å². The second kappa shape index (κ2) is 16.2. The summed E-state index contributed by atoms with van der Waals surface area (Å²) in [5.74, 6) is -0.575. The van der Waals surface area contributed by atoms with E-state index in [0.717, 1.165) is 36.8 Å². The summed E-state index contributed by atoms with van der Waals surface area (Å²) in [4.78, 5) is 31.9. The number of unbranched alkanes of at least 4 members (excludes halogenated alkanes) is 2. The predicted octanol–water partition coefficient (Wildman–Crippen LogP) is 5.98. The first-order valence-corrected chi connectivity index (χ1v) is 19.6. The SMILES string of the molecule is CCCCN(CCCC)C(=O)c1cc(C)n(-c2ccc(NS(=O)(=O)c3cccc(-c4ccn(C)n4)c3)cc2C(=O)N2Cc3ccccc3C[C@H]2CO)n1. The smallest absolute Gasteiger partial charge is 0.274 e. The maximum atomic E-state index is 14.7. The van der Waals surface area contributed by atoms with Crippen molar-refractivity contribution in [2.75, 3.05) is 24.4 Å². The monoisotopic (exact) mass is 737 g/mol. The van der Waals surface area contributed by atoms with E-state index in [1.807, 2.05) is 36.1 Å². The molecule has 0 spiro atoms. The van der Waals surface area contributed by atoms with E-state index in [4.69, 9.17) is 5.10 Å². The number of carbonyl (C=O) groups excluding carboxylic acids is 2. The van der Waals surface area contributed by atoms with E-state index in [1.165, 1.54) is 12.1 Å². The van der Waals surface area contributed by atoms with Crippen LogP contribution < -0.4 is 4.72 Å². The van der Waals surface area contributed by atoms with Crippen molar-refractivity contribution in [1.82, 2.24) is 29.4 Å². The van der Waals surface area contributed by atoms with Gasteiger partial charge in [0.25, 0.3) is 21.8 Å². The summed E-state index contributed by atoms with van der Waals surface area (Å²) >= 11 is 0. The van der Waals surface area contributed by atoms with E-state index in [-0.39, 0.29) is 40.9 Å². The van der Waals surface area contributed by atoms with Crippen LogP contribution in [0.2, 0.25) is 0 Å². The average molecular weight is 738 g/mol. The van der Waals surface area contributed by atoms with E-state index in [1.54, 1.807) is 70.0 Å². The van der Waals surface area contributed by atoms with Gasteiger partial charge in [-0.15, -0.1) is 0 Å². The molecule has 1 aliphatic heterocycles. The highest BCUT2D eigenvalue weighted by Gasteiger charge is 2.32. The van der Waals surface area contributed by atoms with Gasteiger partial charge in [0.1, 0.15) is 0 Å². The van der Waals surface area contributed by atoms with Gasteiger partial charge in [0.05, 0.1) is 34.5 Å². The van der Waals surface area contributed by atoms with Crippen LogP contribution in [0.3, 0.4) is 0 Å². The quantitative estimate of drug-likeness (QED) is 0.143. The minimum absolute atomic E-state index is 0.0346. The van der Waals surface area contributed by atoms with E-state index < -0.39 is 22.0 Å². The lowest BCUT2D eigenvalue weighted by Gasteiger charge is -2.36. The number of amides is 2. The topological polar surface area (TPSA) is 143 Å². The van der Waals surface area contributed by atoms with Crippen LogP contribution in [-0.2, 0) is 30.0 Å². The number of anilines is 1. The first-order valence-electron chi connectivity index (χ1n) is 18.1. The number of aliphatic hydroxyl groups excluding tert-OH is 1. The Morgan fingerprint density at radius 1 is 0.925 bits per heavy atom. The lowest BCUT2D eigenvalue weighted by molar-refractivity contribution is 0.0544. The summed E-state index contributed by atoms with van der Waals surface area (Å²) in [5, 5.41) is 19.6. The number of carbonyl (C=O) groups is 2. The van der Waals surface area contributed by atoms with Crippen molar-refractivity contribution >= 4 is 27.5 Å². The van der Waals surface area contributed by atoms with E-state index in [2.05, 4.69) is 23.7 Å². The molecule has 0 radical (unpaired) electrons. The van der Waals surface area contributed by atoms with Crippen molar-refractivity contribution in [2.45, 2.75) is 70.4 Å². The average Bonchev–Trinajstić information content (AvgIpc) is 3.78.